The van der Waals surface area contributed by atoms with Crippen molar-refractivity contribution < 1.29 is 5.11 Å². The Morgan fingerprint density at radius 3 is 2.56 bits per heavy atom. The van der Waals surface area contributed by atoms with Crippen LogP contribution in [0.1, 0.15) is 45.4 Å². The Hall–Kier alpha value is -0.540. The summed E-state index contributed by atoms with van der Waals surface area (Å²) in [6.07, 6.45) is 3.37. The molecule has 1 unspecified atom stereocenters. The summed E-state index contributed by atoms with van der Waals surface area (Å²) in [6, 6.07) is 3.97. The molecule has 16 heavy (non-hydrogen) atoms. The van der Waals surface area contributed by atoms with Gasteiger partial charge >= 0.3 is 0 Å². The fourth-order valence-electron chi connectivity index (χ4n) is 1.24. The van der Waals surface area contributed by atoms with Crippen LogP contribution in [0.15, 0.2) is 23.2 Å². The first-order valence-electron chi connectivity index (χ1n) is 5.94. The maximum atomic E-state index is 9.61. The van der Waals surface area contributed by atoms with Gasteiger partial charge in [0.15, 0.2) is 0 Å². The lowest BCUT2D eigenvalue weighted by atomic mass is 10.2. The Kier molecular flexibility index (Phi) is 5.85. The van der Waals surface area contributed by atoms with E-state index in [1.54, 1.807) is 0 Å². The van der Waals surface area contributed by atoms with Gasteiger partial charge in [-0.15, -0.1) is 11.8 Å². The van der Waals surface area contributed by atoms with Gasteiger partial charge in [-0.25, -0.2) is 0 Å². The summed E-state index contributed by atoms with van der Waals surface area (Å²) < 4.78 is 0. The minimum absolute atomic E-state index is 0.423. The number of hydrogen-bond donors (Lipinski definition) is 1. The molecule has 1 heterocycles. The molecular formula is C13H21NOS. The Morgan fingerprint density at radius 2 is 2.06 bits per heavy atom. The Bertz CT molecular complexity index is 299. The molecule has 90 valence electrons. The van der Waals surface area contributed by atoms with Crippen molar-refractivity contribution in [2.24, 2.45) is 5.92 Å². The van der Waals surface area contributed by atoms with Crippen molar-refractivity contribution in [1.82, 2.24) is 4.98 Å². The summed E-state index contributed by atoms with van der Waals surface area (Å²) in [6.45, 7) is 6.43. The molecule has 0 radical (unpaired) electrons. The highest BCUT2D eigenvalue weighted by atomic mass is 32.2. The molecule has 0 bridgehead atoms. The van der Waals surface area contributed by atoms with Crippen molar-refractivity contribution in [2.45, 2.75) is 44.6 Å². The van der Waals surface area contributed by atoms with E-state index < -0.39 is 6.10 Å². The van der Waals surface area contributed by atoms with Crippen LogP contribution in [0.4, 0.5) is 0 Å². The van der Waals surface area contributed by atoms with Gasteiger partial charge in [0, 0.05) is 16.8 Å². The normalized spacial score (nSPS) is 14.8. The van der Waals surface area contributed by atoms with Gasteiger partial charge in [0.2, 0.25) is 0 Å². The number of rotatable bonds is 6. The van der Waals surface area contributed by atoms with E-state index in [9.17, 15) is 5.11 Å². The summed E-state index contributed by atoms with van der Waals surface area (Å²) in [7, 11) is 0. The predicted octanol–water partition coefficient (Wildman–Crippen LogP) is 3.66. The monoisotopic (exact) mass is 239 g/mol. The van der Waals surface area contributed by atoms with Crippen LogP contribution in [-0.2, 0) is 0 Å². The molecule has 0 fully saturated rings. The maximum Gasteiger partial charge on any atom is 0.0957 e. The van der Waals surface area contributed by atoms with Crippen molar-refractivity contribution in [1.29, 1.82) is 0 Å². The third kappa shape index (κ3) is 4.14. The Balaban J connectivity index is 2.51. The lowest BCUT2D eigenvalue weighted by molar-refractivity contribution is 0.169. The summed E-state index contributed by atoms with van der Waals surface area (Å²) in [4.78, 5) is 5.47. The Labute approximate surface area is 102 Å². The van der Waals surface area contributed by atoms with Crippen LogP contribution in [0, 0.1) is 5.92 Å². The second-order valence-corrected chi connectivity index (χ2v) is 5.26. The summed E-state index contributed by atoms with van der Waals surface area (Å²) >= 11 is 1.84. The molecule has 0 spiro atoms. The van der Waals surface area contributed by atoms with Gasteiger partial charge in [0.25, 0.3) is 0 Å². The highest BCUT2D eigenvalue weighted by molar-refractivity contribution is 7.99. The highest BCUT2D eigenvalue weighted by Gasteiger charge is 2.06. The molecule has 0 aliphatic carbocycles. The van der Waals surface area contributed by atoms with E-state index >= 15 is 0 Å². The minimum Gasteiger partial charge on any atom is -0.387 e. The van der Waals surface area contributed by atoms with Gasteiger partial charge < -0.3 is 5.11 Å². The number of aromatic nitrogens is 1. The van der Waals surface area contributed by atoms with Crippen LogP contribution in [0.25, 0.3) is 0 Å². The van der Waals surface area contributed by atoms with Crippen molar-refractivity contribution in [3.05, 3.63) is 24.0 Å². The number of aliphatic hydroxyl groups is 1. The lowest BCUT2D eigenvalue weighted by Gasteiger charge is -2.09. The van der Waals surface area contributed by atoms with E-state index in [0.29, 0.717) is 6.42 Å². The number of hydrogen-bond acceptors (Lipinski definition) is 3. The van der Waals surface area contributed by atoms with Crippen molar-refractivity contribution in [3.8, 4) is 0 Å². The van der Waals surface area contributed by atoms with Gasteiger partial charge in [-0.05, 0) is 24.5 Å². The molecular weight excluding hydrogens is 218 g/mol. The molecule has 0 amide bonds. The first-order valence-corrected chi connectivity index (χ1v) is 6.92. The largest absolute Gasteiger partial charge is 0.387 e. The van der Waals surface area contributed by atoms with Crippen molar-refractivity contribution in [3.63, 3.8) is 0 Å². The van der Waals surface area contributed by atoms with E-state index in [-0.39, 0.29) is 0 Å². The summed E-state index contributed by atoms with van der Waals surface area (Å²) in [5.74, 6) is 1.87. The predicted molar refractivity (Wildman–Crippen MR) is 69.7 cm³/mol. The molecule has 1 aromatic heterocycles. The molecule has 0 aromatic carbocycles. The maximum absolute atomic E-state index is 9.61. The van der Waals surface area contributed by atoms with Gasteiger partial charge in [-0.2, -0.15) is 0 Å². The second kappa shape index (κ2) is 6.92. The third-order valence-corrected chi connectivity index (χ3v) is 4.03. The molecule has 0 aliphatic rings. The second-order valence-electron chi connectivity index (χ2n) is 4.17. The minimum atomic E-state index is -0.423. The SMILES string of the molecule is CCC(C)CSc1ccc([C@H](O)CC)nc1. The van der Waals surface area contributed by atoms with Gasteiger partial charge in [-0.3, -0.25) is 4.98 Å². The van der Waals surface area contributed by atoms with Gasteiger partial charge in [-0.1, -0.05) is 27.2 Å². The zero-order valence-corrected chi connectivity index (χ0v) is 11.1. The average Bonchev–Trinajstić information content (AvgIpc) is 2.35. The zero-order valence-electron chi connectivity index (χ0n) is 10.3. The van der Waals surface area contributed by atoms with Gasteiger partial charge in [0.05, 0.1) is 11.8 Å². The smallest absolute Gasteiger partial charge is 0.0957 e. The fourth-order valence-corrected chi connectivity index (χ4v) is 2.24. The number of pyridine rings is 1. The zero-order chi connectivity index (χ0) is 12.0. The molecule has 0 saturated carbocycles. The van der Waals surface area contributed by atoms with Crippen LogP contribution in [0.3, 0.4) is 0 Å². The molecule has 3 heteroatoms. The molecule has 0 saturated heterocycles. The van der Waals surface area contributed by atoms with Crippen LogP contribution >= 0.6 is 11.8 Å². The van der Waals surface area contributed by atoms with Crippen molar-refractivity contribution in [2.75, 3.05) is 5.75 Å². The number of aliphatic hydroxyl groups excluding tert-OH is 1. The summed E-state index contributed by atoms with van der Waals surface area (Å²) in [5, 5.41) is 9.61. The quantitative estimate of drug-likeness (QED) is 0.769. The fraction of sp³-hybridized carbons (Fsp3) is 0.615. The van der Waals surface area contributed by atoms with Gasteiger partial charge in [0.1, 0.15) is 0 Å². The van der Waals surface area contributed by atoms with E-state index in [0.717, 1.165) is 17.4 Å². The molecule has 1 aromatic rings. The Morgan fingerprint density at radius 1 is 1.31 bits per heavy atom. The van der Waals surface area contributed by atoms with Crippen LogP contribution in [0.5, 0.6) is 0 Å². The molecule has 2 nitrogen and oxygen atoms in total. The van der Waals surface area contributed by atoms with E-state index in [2.05, 4.69) is 18.8 Å². The van der Waals surface area contributed by atoms with Crippen LogP contribution in [0.2, 0.25) is 0 Å². The van der Waals surface area contributed by atoms with Crippen molar-refractivity contribution >= 4 is 11.8 Å². The first kappa shape index (κ1) is 13.5. The highest BCUT2D eigenvalue weighted by Crippen LogP contribution is 2.22. The number of nitrogens with zero attached hydrogens (tertiary/aromatic N) is 1. The standard InChI is InChI=1S/C13H21NOS/c1-4-10(3)9-16-11-6-7-12(14-8-11)13(15)5-2/h6-8,10,13,15H,4-5,9H2,1-3H3/t10?,13-/m1/s1. The molecule has 0 aliphatic heterocycles. The topological polar surface area (TPSA) is 33.1 Å². The number of thioether (sulfide) groups is 1. The van der Waals surface area contributed by atoms with E-state index in [1.165, 1.54) is 11.3 Å². The molecule has 1 N–H and O–H groups in total. The van der Waals surface area contributed by atoms with E-state index in [1.807, 2.05) is 37.0 Å². The molecule has 2 atom stereocenters. The lowest BCUT2D eigenvalue weighted by Crippen LogP contribution is -1.99. The van der Waals surface area contributed by atoms with E-state index in [4.69, 9.17) is 0 Å². The average molecular weight is 239 g/mol. The van der Waals surface area contributed by atoms with Crippen LogP contribution in [-0.4, -0.2) is 15.8 Å². The third-order valence-electron chi connectivity index (χ3n) is 2.72. The summed E-state index contributed by atoms with van der Waals surface area (Å²) in [5.41, 5.74) is 0.774. The van der Waals surface area contributed by atoms with Crippen LogP contribution < -0.4 is 0 Å². The first-order chi connectivity index (χ1) is 7.67. The molecule has 1 rings (SSSR count).